The first-order chi connectivity index (χ1) is 10.1. The molecule has 6 heteroatoms. The molecule has 0 aliphatic heterocycles. The number of aliphatic carboxylic acids is 1. The van der Waals surface area contributed by atoms with Gasteiger partial charge in [0.05, 0.1) is 0 Å². The van der Waals surface area contributed by atoms with Crippen molar-refractivity contribution in [2.45, 2.75) is 56.9 Å². The molecule has 21 heavy (non-hydrogen) atoms. The van der Waals surface area contributed by atoms with Crippen molar-refractivity contribution >= 4 is 11.8 Å². The summed E-state index contributed by atoms with van der Waals surface area (Å²) in [5.74, 6) is 0.646. The van der Waals surface area contributed by atoms with E-state index in [2.05, 4.69) is 15.3 Å². The molecule has 0 saturated heterocycles. The minimum atomic E-state index is -0.864. The zero-order valence-electron chi connectivity index (χ0n) is 12.0. The van der Waals surface area contributed by atoms with E-state index in [0.29, 0.717) is 17.6 Å². The molecular formula is C15H21N3O3. The summed E-state index contributed by atoms with van der Waals surface area (Å²) < 4.78 is 0. The van der Waals surface area contributed by atoms with Crippen LogP contribution in [0.2, 0.25) is 0 Å². The average Bonchev–Trinajstić information content (AvgIpc) is 3.29. The van der Waals surface area contributed by atoms with Gasteiger partial charge in [-0.1, -0.05) is 19.3 Å². The minimum absolute atomic E-state index is 0.113. The van der Waals surface area contributed by atoms with Crippen molar-refractivity contribution in [2.75, 3.05) is 5.32 Å². The van der Waals surface area contributed by atoms with E-state index in [0.717, 1.165) is 38.5 Å². The van der Waals surface area contributed by atoms with Crippen molar-refractivity contribution in [1.82, 2.24) is 9.97 Å². The summed E-state index contributed by atoms with van der Waals surface area (Å²) in [7, 11) is 0. The Morgan fingerprint density at radius 3 is 2.62 bits per heavy atom. The number of aromatic nitrogens is 2. The average molecular weight is 291 g/mol. The number of aromatic amines is 1. The molecule has 114 valence electrons. The van der Waals surface area contributed by atoms with E-state index >= 15 is 0 Å². The van der Waals surface area contributed by atoms with E-state index < -0.39 is 12.0 Å². The summed E-state index contributed by atoms with van der Waals surface area (Å²) in [6.45, 7) is 0. The van der Waals surface area contributed by atoms with Gasteiger partial charge in [0.1, 0.15) is 17.7 Å². The van der Waals surface area contributed by atoms with Crippen LogP contribution in [0.1, 0.15) is 56.7 Å². The number of carboxylic acids is 1. The first-order valence-electron chi connectivity index (χ1n) is 7.74. The van der Waals surface area contributed by atoms with Crippen LogP contribution >= 0.6 is 0 Å². The van der Waals surface area contributed by atoms with Gasteiger partial charge in [0, 0.05) is 12.0 Å². The number of carboxylic acid groups (broad SMARTS) is 1. The predicted molar refractivity (Wildman–Crippen MR) is 78.5 cm³/mol. The number of hydrogen-bond donors (Lipinski definition) is 3. The molecule has 3 rings (SSSR count). The number of nitrogens with one attached hydrogen (secondary N) is 2. The van der Waals surface area contributed by atoms with Gasteiger partial charge >= 0.3 is 5.97 Å². The van der Waals surface area contributed by atoms with Gasteiger partial charge in [-0.2, -0.15) is 0 Å². The number of nitrogens with zero attached hydrogens (tertiary/aromatic N) is 1. The highest BCUT2D eigenvalue weighted by Crippen LogP contribution is 2.37. The Morgan fingerprint density at radius 2 is 2.00 bits per heavy atom. The number of rotatable bonds is 5. The molecule has 1 heterocycles. The van der Waals surface area contributed by atoms with Gasteiger partial charge in [0.25, 0.3) is 5.56 Å². The summed E-state index contributed by atoms with van der Waals surface area (Å²) in [6.07, 6.45) is 7.25. The van der Waals surface area contributed by atoms with Crippen LogP contribution < -0.4 is 10.9 Å². The SMILES string of the molecule is O=C(O)C(Nc1cc(=O)[nH]c(C2CC2)n1)C1CCCCC1. The number of H-pyrrole nitrogens is 1. The fourth-order valence-electron chi connectivity index (χ4n) is 3.11. The summed E-state index contributed by atoms with van der Waals surface area (Å²) in [5.41, 5.74) is -0.220. The molecule has 2 aliphatic rings. The van der Waals surface area contributed by atoms with Crippen molar-refractivity contribution in [3.05, 3.63) is 22.2 Å². The molecular weight excluding hydrogens is 270 g/mol. The molecule has 0 bridgehead atoms. The maximum atomic E-state index is 11.7. The Kier molecular flexibility index (Phi) is 3.94. The normalized spacial score (nSPS) is 21.0. The third-order valence-corrected chi connectivity index (χ3v) is 4.41. The Morgan fingerprint density at radius 1 is 1.29 bits per heavy atom. The number of hydrogen-bond acceptors (Lipinski definition) is 4. The summed E-state index contributed by atoms with van der Waals surface area (Å²) in [6, 6.07) is 0.691. The van der Waals surface area contributed by atoms with Crippen molar-refractivity contribution in [1.29, 1.82) is 0 Å². The summed E-state index contributed by atoms with van der Waals surface area (Å²) in [4.78, 5) is 30.4. The molecule has 0 amide bonds. The Bertz CT molecular complexity index is 574. The molecule has 3 N–H and O–H groups in total. The lowest BCUT2D eigenvalue weighted by Crippen LogP contribution is -2.38. The third kappa shape index (κ3) is 3.43. The summed E-state index contributed by atoms with van der Waals surface area (Å²) in [5, 5.41) is 12.5. The third-order valence-electron chi connectivity index (χ3n) is 4.41. The second-order valence-electron chi connectivity index (χ2n) is 6.15. The monoisotopic (exact) mass is 291 g/mol. The molecule has 0 spiro atoms. The van der Waals surface area contributed by atoms with E-state index in [9.17, 15) is 14.7 Å². The van der Waals surface area contributed by atoms with E-state index in [-0.39, 0.29) is 11.5 Å². The standard InChI is InChI=1S/C15H21N3O3/c19-12-8-11(17-14(18-12)10-6-7-10)16-13(15(20)21)9-4-2-1-3-5-9/h8-10,13H,1-7H2,(H,20,21)(H2,16,17,18,19). The lowest BCUT2D eigenvalue weighted by molar-refractivity contribution is -0.139. The van der Waals surface area contributed by atoms with E-state index in [1.807, 2.05) is 0 Å². The van der Waals surface area contributed by atoms with Crippen LogP contribution in [0.4, 0.5) is 5.82 Å². The predicted octanol–water partition coefficient (Wildman–Crippen LogP) is 2.09. The van der Waals surface area contributed by atoms with Crippen LogP contribution in [0.5, 0.6) is 0 Å². The second kappa shape index (κ2) is 5.87. The molecule has 6 nitrogen and oxygen atoms in total. The van der Waals surface area contributed by atoms with Gasteiger partial charge < -0.3 is 15.4 Å². The molecule has 0 radical (unpaired) electrons. The highest BCUT2D eigenvalue weighted by atomic mass is 16.4. The largest absolute Gasteiger partial charge is 0.480 e. The maximum absolute atomic E-state index is 11.7. The molecule has 1 aromatic rings. The van der Waals surface area contributed by atoms with E-state index in [1.165, 1.54) is 12.5 Å². The lowest BCUT2D eigenvalue weighted by atomic mass is 9.84. The molecule has 0 aromatic carbocycles. The molecule has 2 fully saturated rings. The van der Waals surface area contributed by atoms with Crippen LogP contribution in [0, 0.1) is 5.92 Å². The molecule has 1 unspecified atom stereocenters. The molecule has 1 atom stereocenters. The Labute approximate surface area is 123 Å². The van der Waals surface area contributed by atoms with Gasteiger partial charge in [0.2, 0.25) is 0 Å². The molecule has 2 saturated carbocycles. The van der Waals surface area contributed by atoms with Crippen molar-refractivity contribution in [3.8, 4) is 0 Å². The van der Waals surface area contributed by atoms with Crippen molar-refractivity contribution < 1.29 is 9.90 Å². The smallest absolute Gasteiger partial charge is 0.326 e. The van der Waals surface area contributed by atoms with Crippen LogP contribution in [0.15, 0.2) is 10.9 Å². The Hall–Kier alpha value is -1.85. The van der Waals surface area contributed by atoms with Gasteiger partial charge in [-0.15, -0.1) is 0 Å². The first-order valence-corrected chi connectivity index (χ1v) is 7.74. The van der Waals surface area contributed by atoms with E-state index in [1.54, 1.807) is 0 Å². The second-order valence-corrected chi connectivity index (χ2v) is 6.15. The summed E-state index contributed by atoms with van der Waals surface area (Å²) >= 11 is 0. The minimum Gasteiger partial charge on any atom is -0.480 e. The van der Waals surface area contributed by atoms with Crippen LogP contribution in [-0.2, 0) is 4.79 Å². The number of anilines is 1. The molecule has 1 aromatic heterocycles. The first kappa shape index (κ1) is 14.1. The Balaban J connectivity index is 1.78. The zero-order valence-corrected chi connectivity index (χ0v) is 12.0. The van der Waals surface area contributed by atoms with Gasteiger partial charge in [0.15, 0.2) is 0 Å². The van der Waals surface area contributed by atoms with Crippen molar-refractivity contribution in [3.63, 3.8) is 0 Å². The topological polar surface area (TPSA) is 95.1 Å². The quantitative estimate of drug-likeness (QED) is 0.772. The van der Waals surface area contributed by atoms with Gasteiger partial charge in [-0.05, 0) is 31.6 Å². The van der Waals surface area contributed by atoms with Crippen molar-refractivity contribution in [2.24, 2.45) is 5.92 Å². The van der Waals surface area contributed by atoms with E-state index in [4.69, 9.17) is 0 Å². The molecule has 2 aliphatic carbocycles. The van der Waals surface area contributed by atoms with Gasteiger partial charge in [-0.3, -0.25) is 4.79 Å². The zero-order chi connectivity index (χ0) is 14.8. The fraction of sp³-hybridized carbons (Fsp3) is 0.667. The van der Waals surface area contributed by atoms with Crippen LogP contribution in [-0.4, -0.2) is 27.1 Å². The maximum Gasteiger partial charge on any atom is 0.326 e. The lowest BCUT2D eigenvalue weighted by Gasteiger charge is -2.28. The highest BCUT2D eigenvalue weighted by molar-refractivity contribution is 5.77. The highest BCUT2D eigenvalue weighted by Gasteiger charge is 2.31. The van der Waals surface area contributed by atoms with Gasteiger partial charge in [-0.25, -0.2) is 9.78 Å². The van der Waals surface area contributed by atoms with Crippen LogP contribution in [0.3, 0.4) is 0 Å². The van der Waals surface area contributed by atoms with Crippen LogP contribution in [0.25, 0.3) is 0 Å². The fourth-order valence-corrected chi connectivity index (χ4v) is 3.11. The number of carbonyl (C=O) groups is 1.